The van der Waals surface area contributed by atoms with E-state index in [1.165, 1.54) is 0 Å². The second-order valence-electron chi connectivity index (χ2n) is 7.30. The molecule has 6 heteroatoms. The maximum absolute atomic E-state index is 12.9. The van der Waals surface area contributed by atoms with Crippen LogP contribution in [0.15, 0.2) is 54.9 Å². The van der Waals surface area contributed by atoms with E-state index in [1.54, 1.807) is 17.0 Å². The van der Waals surface area contributed by atoms with Crippen molar-refractivity contribution in [1.29, 1.82) is 0 Å². The minimum Gasteiger partial charge on any atom is -0.349 e. The van der Waals surface area contributed by atoms with Gasteiger partial charge >= 0.3 is 0 Å². The van der Waals surface area contributed by atoms with Crippen LogP contribution in [0.4, 0.5) is 0 Å². The molecule has 0 unspecified atom stereocenters. The zero-order valence-corrected chi connectivity index (χ0v) is 16.0. The van der Waals surface area contributed by atoms with Gasteiger partial charge in [-0.1, -0.05) is 18.2 Å². The molecule has 0 aliphatic carbocycles. The fourth-order valence-electron chi connectivity index (χ4n) is 3.71. The number of carbonyl (C=O) groups is 2. The number of hydrogen-bond donors (Lipinski definition) is 1. The maximum atomic E-state index is 12.9. The molecule has 1 aromatic carbocycles. The number of nitrogens with one attached hydrogen (secondary N) is 1. The Labute approximate surface area is 164 Å². The topological polar surface area (TPSA) is 66.7 Å². The molecule has 1 atom stereocenters. The molecule has 144 valence electrons. The fourth-order valence-corrected chi connectivity index (χ4v) is 3.71. The van der Waals surface area contributed by atoms with E-state index >= 15 is 0 Å². The standard InChI is InChI=1S/C22H24N4O2/c1-16-10-12-25-15-18(24-20(25)13-16)14-23-21(27)19-9-5-6-11-26(19)22(28)17-7-3-2-4-8-17/h2-4,7-8,10,12-13,15,19H,5-6,9,11,14H2,1H3,(H,23,27)/t19-/m0/s1. The molecule has 1 fully saturated rings. The molecule has 1 aliphatic heterocycles. The summed E-state index contributed by atoms with van der Waals surface area (Å²) in [6, 6.07) is 12.8. The number of benzene rings is 1. The van der Waals surface area contributed by atoms with Gasteiger partial charge in [-0.25, -0.2) is 4.98 Å². The van der Waals surface area contributed by atoms with Gasteiger partial charge < -0.3 is 14.6 Å². The third-order valence-corrected chi connectivity index (χ3v) is 5.20. The summed E-state index contributed by atoms with van der Waals surface area (Å²) in [5.41, 5.74) is 3.43. The largest absolute Gasteiger partial charge is 0.349 e. The van der Waals surface area contributed by atoms with Crippen molar-refractivity contribution >= 4 is 17.5 Å². The number of piperidine rings is 1. The number of nitrogens with zero attached hydrogens (tertiary/aromatic N) is 3. The van der Waals surface area contributed by atoms with Crippen molar-refractivity contribution in [2.45, 2.75) is 38.8 Å². The molecular formula is C22H24N4O2. The number of amides is 2. The lowest BCUT2D eigenvalue weighted by Crippen LogP contribution is -2.51. The Kier molecular flexibility index (Phi) is 5.10. The monoisotopic (exact) mass is 376 g/mol. The second-order valence-corrected chi connectivity index (χ2v) is 7.30. The predicted octanol–water partition coefficient (Wildman–Crippen LogP) is 2.95. The van der Waals surface area contributed by atoms with E-state index in [-0.39, 0.29) is 11.8 Å². The summed E-state index contributed by atoms with van der Waals surface area (Å²) in [5, 5.41) is 2.97. The molecule has 3 heterocycles. The summed E-state index contributed by atoms with van der Waals surface area (Å²) in [6.45, 7) is 2.99. The van der Waals surface area contributed by atoms with E-state index < -0.39 is 6.04 Å². The Morgan fingerprint density at radius 3 is 2.82 bits per heavy atom. The van der Waals surface area contributed by atoms with Crippen molar-refractivity contribution in [1.82, 2.24) is 19.6 Å². The Morgan fingerprint density at radius 2 is 2.00 bits per heavy atom. The van der Waals surface area contributed by atoms with Crippen LogP contribution in [0.3, 0.4) is 0 Å². The molecule has 1 aliphatic rings. The molecule has 0 saturated carbocycles. The van der Waals surface area contributed by atoms with Gasteiger partial charge in [0.05, 0.1) is 12.2 Å². The molecule has 0 spiro atoms. The minimum atomic E-state index is -0.430. The number of imidazole rings is 1. The Hall–Kier alpha value is -3.15. The number of carbonyl (C=O) groups excluding carboxylic acids is 2. The summed E-state index contributed by atoms with van der Waals surface area (Å²) in [4.78, 5) is 32.0. The molecule has 1 N–H and O–H groups in total. The number of aryl methyl sites for hydroxylation is 1. The van der Waals surface area contributed by atoms with E-state index in [2.05, 4.69) is 10.3 Å². The first-order valence-corrected chi connectivity index (χ1v) is 9.70. The smallest absolute Gasteiger partial charge is 0.254 e. The molecule has 28 heavy (non-hydrogen) atoms. The summed E-state index contributed by atoms with van der Waals surface area (Å²) >= 11 is 0. The van der Waals surface area contributed by atoms with E-state index in [0.29, 0.717) is 25.1 Å². The average molecular weight is 376 g/mol. The van der Waals surface area contributed by atoms with Crippen LogP contribution in [0, 0.1) is 6.92 Å². The van der Waals surface area contributed by atoms with Crippen molar-refractivity contribution < 1.29 is 9.59 Å². The molecule has 0 radical (unpaired) electrons. The molecular weight excluding hydrogens is 352 g/mol. The highest BCUT2D eigenvalue weighted by atomic mass is 16.2. The summed E-state index contributed by atoms with van der Waals surface area (Å²) in [7, 11) is 0. The van der Waals surface area contributed by atoms with Gasteiger partial charge in [-0.05, 0) is 56.0 Å². The van der Waals surface area contributed by atoms with Crippen molar-refractivity contribution in [3.63, 3.8) is 0 Å². The molecule has 2 amide bonds. The molecule has 4 rings (SSSR count). The Bertz CT molecular complexity index is 996. The van der Waals surface area contributed by atoms with Crippen molar-refractivity contribution in [2.24, 2.45) is 0 Å². The fraction of sp³-hybridized carbons (Fsp3) is 0.318. The number of hydrogen-bond acceptors (Lipinski definition) is 3. The van der Waals surface area contributed by atoms with Gasteiger partial charge in [-0.15, -0.1) is 0 Å². The van der Waals surface area contributed by atoms with Crippen LogP contribution in [0.2, 0.25) is 0 Å². The van der Waals surface area contributed by atoms with E-state index in [0.717, 1.165) is 29.7 Å². The van der Waals surface area contributed by atoms with E-state index in [4.69, 9.17) is 0 Å². The van der Waals surface area contributed by atoms with Gasteiger partial charge in [0.2, 0.25) is 5.91 Å². The van der Waals surface area contributed by atoms with Gasteiger partial charge in [0, 0.05) is 24.5 Å². The lowest BCUT2D eigenvalue weighted by molar-refractivity contribution is -0.126. The van der Waals surface area contributed by atoms with Gasteiger partial charge in [0.15, 0.2) is 0 Å². The van der Waals surface area contributed by atoms with Crippen LogP contribution in [-0.2, 0) is 11.3 Å². The lowest BCUT2D eigenvalue weighted by Gasteiger charge is -2.34. The molecule has 2 aromatic heterocycles. The second kappa shape index (κ2) is 7.84. The zero-order chi connectivity index (χ0) is 19.5. The van der Waals surface area contributed by atoms with Crippen molar-refractivity contribution in [3.05, 3.63) is 71.7 Å². The highest BCUT2D eigenvalue weighted by Crippen LogP contribution is 2.20. The Morgan fingerprint density at radius 1 is 1.18 bits per heavy atom. The first kappa shape index (κ1) is 18.2. The highest BCUT2D eigenvalue weighted by Gasteiger charge is 2.32. The SMILES string of the molecule is Cc1ccn2cc(CNC(=O)[C@@H]3CCCCN3C(=O)c3ccccc3)nc2c1. The van der Waals surface area contributed by atoms with Crippen LogP contribution in [-0.4, -0.2) is 38.7 Å². The summed E-state index contributed by atoms with van der Waals surface area (Å²) in [6.07, 6.45) is 6.44. The number of likely N-dealkylation sites (tertiary alicyclic amines) is 1. The van der Waals surface area contributed by atoms with Gasteiger partial charge in [0.25, 0.3) is 5.91 Å². The van der Waals surface area contributed by atoms with Crippen molar-refractivity contribution in [2.75, 3.05) is 6.54 Å². The van der Waals surface area contributed by atoms with Crippen LogP contribution in [0.25, 0.3) is 5.65 Å². The first-order chi connectivity index (χ1) is 13.6. The van der Waals surface area contributed by atoms with Gasteiger partial charge in [0.1, 0.15) is 11.7 Å². The van der Waals surface area contributed by atoms with Crippen LogP contribution >= 0.6 is 0 Å². The van der Waals surface area contributed by atoms with Gasteiger partial charge in [-0.2, -0.15) is 0 Å². The highest BCUT2D eigenvalue weighted by molar-refractivity contribution is 5.97. The number of fused-ring (bicyclic) bond motifs is 1. The minimum absolute atomic E-state index is 0.0799. The molecule has 1 saturated heterocycles. The summed E-state index contributed by atoms with van der Waals surface area (Å²) in [5.74, 6) is -0.194. The number of pyridine rings is 1. The average Bonchev–Trinajstić information content (AvgIpc) is 3.14. The van der Waals surface area contributed by atoms with E-state index in [1.807, 2.05) is 54.0 Å². The normalized spacial score (nSPS) is 16.9. The van der Waals surface area contributed by atoms with Crippen LogP contribution in [0.5, 0.6) is 0 Å². The van der Waals surface area contributed by atoms with Crippen LogP contribution < -0.4 is 5.32 Å². The quantitative estimate of drug-likeness (QED) is 0.761. The lowest BCUT2D eigenvalue weighted by atomic mass is 10.00. The van der Waals surface area contributed by atoms with E-state index in [9.17, 15) is 9.59 Å². The molecule has 6 nitrogen and oxygen atoms in total. The first-order valence-electron chi connectivity index (χ1n) is 9.70. The predicted molar refractivity (Wildman–Crippen MR) is 107 cm³/mol. The molecule has 0 bridgehead atoms. The summed E-state index contributed by atoms with van der Waals surface area (Å²) < 4.78 is 1.94. The Balaban J connectivity index is 1.45. The maximum Gasteiger partial charge on any atom is 0.254 e. The number of aromatic nitrogens is 2. The van der Waals surface area contributed by atoms with Crippen molar-refractivity contribution in [3.8, 4) is 0 Å². The molecule has 3 aromatic rings. The van der Waals surface area contributed by atoms with Crippen LogP contribution in [0.1, 0.15) is 40.9 Å². The third-order valence-electron chi connectivity index (χ3n) is 5.20. The number of rotatable bonds is 4. The third kappa shape index (κ3) is 3.76. The zero-order valence-electron chi connectivity index (χ0n) is 16.0. The van der Waals surface area contributed by atoms with Gasteiger partial charge in [-0.3, -0.25) is 9.59 Å².